The number of nitrogens with zero attached hydrogens (tertiary/aromatic N) is 6. The number of carbonyl (C=O) groups is 3. The van der Waals surface area contributed by atoms with Crippen LogP contribution in [0.5, 0.6) is 0 Å². The van der Waals surface area contributed by atoms with E-state index in [1.807, 2.05) is 42.2 Å². The van der Waals surface area contributed by atoms with Crippen LogP contribution in [0.15, 0.2) is 45.6 Å². The van der Waals surface area contributed by atoms with Crippen LogP contribution in [0.3, 0.4) is 0 Å². The molecule has 5 heterocycles. The second-order valence-electron chi connectivity index (χ2n) is 14.5. The number of aryl methyl sites for hydroxylation is 2. The summed E-state index contributed by atoms with van der Waals surface area (Å²) in [6, 6.07) is 11.4. The van der Waals surface area contributed by atoms with E-state index in [0.717, 1.165) is 23.2 Å². The molecule has 0 unspecified atom stereocenters. The van der Waals surface area contributed by atoms with Gasteiger partial charge >= 0.3 is 17.9 Å². The van der Waals surface area contributed by atoms with Crippen LogP contribution < -0.4 is 16.2 Å². The van der Waals surface area contributed by atoms with Gasteiger partial charge in [0, 0.05) is 90.1 Å². The summed E-state index contributed by atoms with van der Waals surface area (Å²) in [6.45, 7) is 6.01. The molecule has 0 spiro atoms. The second kappa shape index (κ2) is 15.1. The minimum atomic E-state index is -3.71. The molecule has 16 nitrogen and oxygen atoms in total. The van der Waals surface area contributed by atoms with E-state index in [-0.39, 0.29) is 30.4 Å². The lowest BCUT2D eigenvalue weighted by Crippen LogP contribution is -2.57. The SMILES string of the molecule is Cc1cc(C[C@@H](OC(=O)N2CCC(N3CCc4ccccc4NC3=O)CC2)C(=O)N2CCN(C3CCN(S(N)(=O)=O)CC3)CC2)cc2oc(=O)n(C)c12. The van der Waals surface area contributed by atoms with Gasteiger partial charge < -0.3 is 29.2 Å². The van der Waals surface area contributed by atoms with E-state index in [1.165, 1.54) is 8.87 Å². The molecule has 3 aromatic rings. The lowest BCUT2D eigenvalue weighted by Gasteiger charge is -2.42. The summed E-state index contributed by atoms with van der Waals surface area (Å²) in [7, 11) is -2.08. The molecule has 17 heteroatoms. The molecular formula is C36H48N8O8S. The average Bonchev–Trinajstić information content (AvgIpc) is 3.32. The number of fused-ring (bicyclic) bond motifs is 2. The van der Waals surface area contributed by atoms with Crippen LogP contribution in [0.1, 0.15) is 42.4 Å². The molecule has 2 aromatic carbocycles. The Bertz CT molecular complexity index is 2030. The number of aromatic nitrogens is 1. The molecule has 3 fully saturated rings. The van der Waals surface area contributed by atoms with Gasteiger partial charge in [0.1, 0.15) is 0 Å². The van der Waals surface area contributed by atoms with E-state index in [1.54, 1.807) is 22.9 Å². The fourth-order valence-corrected chi connectivity index (χ4v) is 9.08. The van der Waals surface area contributed by atoms with Crippen molar-refractivity contribution in [2.24, 2.45) is 12.2 Å². The molecule has 0 saturated carbocycles. The number of oxazole rings is 1. The van der Waals surface area contributed by atoms with Gasteiger partial charge in [-0.2, -0.15) is 12.7 Å². The van der Waals surface area contributed by atoms with E-state index in [4.69, 9.17) is 14.3 Å². The van der Waals surface area contributed by atoms with Crippen LogP contribution in [0.4, 0.5) is 15.3 Å². The highest BCUT2D eigenvalue weighted by Gasteiger charge is 2.37. The van der Waals surface area contributed by atoms with Crippen LogP contribution in [0.25, 0.3) is 11.1 Å². The van der Waals surface area contributed by atoms with Gasteiger partial charge in [-0.1, -0.05) is 24.3 Å². The minimum absolute atomic E-state index is 0.0377. The first kappa shape index (κ1) is 36.9. The van der Waals surface area contributed by atoms with Crippen molar-refractivity contribution in [1.82, 2.24) is 28.5 Å². The summed E-state index contributed by atoms with van der Waals surface area (Å²) in [6.07, 6.45) is 1.62. The van der Waals surface area contributed by atoms with Crippen molar-refractivity contribution in [3.8, 4) is 0 Å². The monoisotopic (exact) mass is 752 g/mol. The molecule has 3 saturated heterocycles. The molecule has 7 rings (SSSR count). The summed E-state index contributed by atoms with van der Waals surface area (Å²) in [4.78, 5) is 60.8. The number of nitrogens with one attached hydrogen (secondary N) is 1. The Balaban J connectivity index is 1.01. The predicted molar refractivity (Wildman–Crippen MR) is 196 cm³/mol. The molecule has 1 aromatic heterocycles. The smallest absolute Gasteiger partial charge is 0.419 e. The Morgan fingerprint density at radius 1 is 0.925 bits per heavy atom. The van der Waals surface area contributed by atoms with Crippen molar-refractivity contribution in [2.75, 3.05) is 64.2 Å². The Morgan fingerprint density at radius 3 is 2.30 bits per heavy atom. The van der Waals surface area contributed by atoms with Crippen molar-refractivity contribution in [1.29, 1.82) is 0 Å². The van der Waals surface area contributed by atoms with Gasteiger partial charge in [0.25, 0.3) is 16.1 Å². The highest BCUT2D eigenvalue weighted by atomic mass is 32.2. The van der Waals surface area contributed by atoms with Crippen LogP contribution in [0.2, 0.25) is 0 Å². The molecule has 0 aliphatic carbocycles. The van der Waals surface area contributed by atoms with Crippen molar-refractivity contribution >= 4 is 45.0 Å². The van der Waals surface area contributed by atoms with E-state index >= 15 is 0 Å². The molecular weight excluding hydrogens is 705 g/mol. The Hall–Kier alpha value is -4.45. The number of ether oxygens (including phenoxy) is 1. The normalized spacial score (nSPS) is 20.6. The predicted octanol–water partition coefficient (Wildman–Crippen LogP) is 1.85. The van der Waals surface area contributed by atoms with Crippen molar-refractivity contribution in [2.45, 2.75) is 63.6 Å². The van der Waals surface area contributed by atoms with Crippen molar-refractivity contribution in [3.05, 3.63) is 63.6 Å². The number of piperidine rings is 2. The van der Waals surface area contributed by atoms with Crippen LogP contribution in [-0.2, 0) is 39.6 Å². The Labute approximate surface area is 308 Å². The molecule has 4 aliphatic heterocycles. The number of rotatable bonds is 7. The lowest BCUT2D eigenvalue weighted by molar-refractivity contribution is -0.143. The summed E-state index contributed by atoms with van der Waals surface area (Å²) in [5.41, 5.74) is 4.48. The quantitative estimate of drug-likeness (QED) is 0.364. The number of likely N-dealkylation sites (tertiary alicyclic amines) is 1. The Kier molecular flexibility index (Phi) is 10.5. The molecule has 4 aliphatic rings. The van der Waals surface area contributed by atoms with Gasteiger partial charge in [-0.25, -0.2) is 19.5 Å². The third-order valence-corrected chi connectivity index (χ3v) is 12.4. The van der Waals surface area contributed by atoms with E-state index in [0.29, 0.717) is 101 Å². The number of hydrogen-bond donors (Lipinski definition) is 2. The van der Waals surface area contributed by atoms with Gasteiger partial charge in [0.2, 0.25) is 0 Å². The van der Waals surface area contributed by atoms with E-state index in [9.17, 15) is 27.6 Å². The highest BCUT2D eigenvalue weighted by Crippen LogP contribution is 2.27. The van der Waals surface area contributed by atoms with Crippen molar-refractivity contribution < 1.29 is 32.0 Å². The summed E-state index contributed by atoms with van der Waals surface area (Å²) in [5.74, 6) is -0.789. The molecule has 3 N–H and O–H groups in total. The number of piperazine rings is 1. The van der Waals surface area contributed by atoms with Crippen LogP contribution >= 0.6 is 0 Å². The number of para-hydroxylation sites is 1. The van der Waals surface area contributed by atoms with E-state index < -0.39 is 28.2 Å². The third kappa shape index (κ3) is 7.93. The zero-order valence-corrected chi connectivity index (χ0v) is 31.1. The zero-order chi connectivity index (χ0) is 37.4. The first-order valence-electron chi connectivity index (χ1n) is 18.4. The molecule has 0 bridgehead atoms. The maximum Gasteiger partial charge on any atom is 0.419 e. The van der Waals surface area contributed by atoms with Gasteiger partial charge in [-0.05, 0) is 67.9 Å². The lowest BCUT2D eigenvalue weighted by atomic mass is 10.0. The topological polar surface area (TPSA) is 184 Å². The number of urea groups is 1. The summed E-state index contributed by atoms with van der Waals surface area (Å²) >= 11 is 0. The minimum Gasteiger partial charge on any atom is -0.436 e. The largest absolute Gasteiger partial charge is 0.436 e. The standard InChI is InChI=1S/C36H48N8O8S/c1-24-21-25(22-30-32(24)39(2)35(47)51-30)23-31(33(45)41-19-17-40(18-20-41)27-10-14-43(15-11-27)53(37,49)50)52-36(48)42-12-8-28(9-13-42)44-16-7-26-5-3-4-6-29(26)38-34(44)46/h3-6,21-22,27-28,31H,7-20,23H2,1-2H3,(H,38,46)(H2,37,49,50)/t31-/m1/s1. The number of carbonyl (C=O) groups excluding carboxylic acids is 3. The molecule has 4 amide bonds. The maximum absolute atomic E-state index is 14.2. The number of amides is 4. The average molecular weight is 753 g/mol. The zero-order valence-electron chi connectivity index (χ0n) is 30.2. The van der Waals surface area contributed by atoms with Crippen LogP contribution in [0, 0.1) is 6.92 Å². The fraction of sp³-hybridized carbons (Fsp3) is 0.556. The first-order chi connectivity index (χ1) is 25.4. The number of hydrogen-bond acceptors (Lipinski definition) is 9. The fourth-order valence-electron chi connectivity index (χ4n) is 8.36. The second-order valence-corrected chi connectivity index (χ2v) is 16.1. The summed E-state index contributed by atoms with van der Waals surface area (Å²) in [5, 5.41) is 8.35. The van der Waals surface area contributed by atoms with Gasteiger partial charge in [0.05, 0.1) is 5.52 Å². The highest BCUT2D eigenvalue weighted by molar-refractivity contribution is 7.86. The molecule has 0 radical (unpaired) electrons. The van der Waals surface area contributed by atoms with E-state index in [2.05, 4.69) is 10.2 Å². The molecule has 1 atom stereocenters. The van der Waals surface area contributed by atoms with Gasteiger partial charge in [0.15, 0.2) is 11.7 Å². The van der Waals surface area contributed by atoms with Gasteiger partial charge in [-0.15, -0.1) is 0 Å². The van der Waals surface area contributed by atoms with Crippen molar-refractivity contribution in [3.63, 3.8) is 0 Å². The molecule has 53 heavy (non-hydrogen) atoms. The first-order valence-corrected chi connectivity index (χ1v) is 19.9. The van der Waals surface area contributed by atoms with Crippen LogP contribution in [-0.4, -0.2) is 132 Å². The summed E-state index contributed by atoms with van der Waals surface area (Å²) < 4.78 is 37.8. The molecule has 286 valence electrons. The number of benzene rings is 2. The van der Waals surface area contributed by atoms with Gasteiger partial charge in [-0.3, -0.25) is 14.3 Å². The third-order valence-electron chi connectivity index (χ3n) is 11.3. The number of nitrogens with two attached hydrogens (primary N) is 1. The maximum atomic E-state index is 14.2. The number of anilines is 1. The Morgan fingerprint density at radius 2 is 1.60 bits per heavy atom.